The van der Waals surface area contributed by atoms with Gasteiger partial charge >= 0.3 is 0 Å². The van der Waals surface area contributed by atoms with E-state index in [1.807, 2.05) is 19.9 Å². The van der Waals surface area contributed by atoms with Crippen LogP contribution in [0, 0.1) is 10.1 Å². The molecule has 0 aromatic heterocycles. The van der Waals surface area contributed by atoms with Crippen LogP contribution in [0.1, 0.15) is 27.2 Å². The van der Waals surface area contributed by atoms with Gasteiger partial charge in [-0.1, -0.05) is 6.92 Å². The topological polar surface area (TPSA) is 67.6 Å². The Hall–Kier alpha value is -1.82. The molecule has 2 unspecified atom stereocenters. The zero-order valence-corrected chi connectivity index (χ0v) is 12.8. The normalized spacial score (nSPS) is 22.1. The zero-order chi connectivity index (χ0) is 15.4. The lowest BCUT2D eigenvalue weighted by Gasteiger charge is -2.40. The van der Waals surface area contributed by atoms with Gasteiger partial charge in [-0.3, -0.25) is 10.1 Å². The Morgan fingerprint density at radius 3 is 2.81 bits per heavy atom. The predicted molar refractivity (Wildman–Crippen MR) is 84.1 cm³/mol. The number of morpholine rings is 1. The summed E-state index contributed by atoms with van der Waals surface area (Å²) in [4.78, 5) is 13.0. The van der Waals surface area contributed by atoms with Crippen molar-refractivity contribution >= 4 is 17.1 Å². The van der Waals surface area contributed by atoms with Crippen LogP contribution in [0.15, 0.2) is 18.2 Å². The van der Waals surface area contributed by atoms with Crippen molar-refractivity contribution in [2.75, 3.05) is 29.9 Å². The maximum absolute atomic E-state index is 11.1. The van der Waals surface area contributed by atoms with E-state index in [-0.39, 0.29) is 22.8 Å². The van der Waals surface area contributed by atoms with Crippen molar-refractivity contribution in [1.82, 2.24) is 0 Å². The smallest absolute Gasteiger partial charge is 0.273 e. The highest BCUT2D eigenvalue weighted by Gasteiger charge is 2.27. The Balaban J connectivity index is 2.37. The minimum Gasteiger partial charge on any atom is -0.385 e. The van der Waals surface area contributed by atoms with E-state index in [2.05, 4.69) is 17.1 Å². The molecule has 1 aromatic rings. The van der Waals surface area contributed by atoms with E-state index in [4.69, 9.17) is 4.74 Å². The van der Waals surface area contributed by atoms with Crippen molar-refractivity contribution in [2.45, 2.75) is 39.3 Å². The molecule has 1 aromatic carbocycles. The summed E-state index contributed by atoms with van der Waals surface area (Å²) in [6, 6.07) is 5.48. The monoisotopic (exact) mass is 293 g/mol. The fourth-order valence-electron chi connectivity index (χ4n) is 2.67. The minimum absolute atomic E-state index is 0.123. The maximum atomic E-state index is 11.1. The van der Waals surface area contributed by atoms with Crippen LogP contribution in [-0.4, -0.2) is 36.8 Å². The highest BCUT2D eigenvalue weighted by atomic mass is 16.6. The second-order valence-corrected chi connectivity index (χ2v) is 5.38. The quantitative estimate of drug-likeness (QED) is 0.667. The Morgan fingerprint density at radius 1 is 1.43 bits per heavy atom. The molecule has 2 atom stereocenters. The summed E-state index contributed by atoms with van der Waals surface area (Å²) in [7, 11) is 0. The number of nitrogens with zero attached hydrogens (tertiary/aromatic N) is 2. The van der Waals surface area contributed by atoms with E-state index in [0.717, 1.165) is 30.9 Å². The third kappa shape index (κ3) is 3.64. The molecule has 1 saturated heterocycles. The molecular formula is C15H23N3O3. The number of ether oxygens (including phenoxy) is 1. The lowest BCUT2D eigenvalue weighted by molar-refractivity contribution is -0.384. The van der Waals surface area contributed by atoms with Crippen LogP contribution in [0.25, 0.3) is 0 Å². The molecular weight excluding hydrogens is 270 g/mol. The standard InChI is InChI=1S/C15H23N3O3/c1-4-13-10-21-11(3)9-17(13)14-6-12(16-5-2)7-15(8-14)18(19)20/h6-8,11,13,16H,4-5,9-10H2,1-3H3. The van der Waals surface area contributed by atoms with Gasteiger partial charge in [0, 0.05) is 36.6 Å². The van der Waals surface area contributed by atoms with E-state index in [1.165, 1.54) is 0 Å². The molecule has 0 radical (unpaired) electrons. The summed E-state index contributed by atoms with van der Waals surface area (Å²) < 4.78 is 5.70. The largest absolute Gasteiger partial charge is 0.385 e. The van der Waals surface area contributed by atoms with Gasteiger partial charge in [-0.2, -0.15) is 0 Å². The molecule has 1 heterocycles. The molecule has 6 heteroatoms. The summed E-state index contributed by atoms with van der Waals surface area (Å²) in [5.41, 5.74) is 1.80. The summed E-state index contributed by atoms with van der Waals surface area (Å²) >= 11 is 0. The van der Waals surface area contributed by atoms with Gasteiger partial charge < -0.3 is 15.0 Å². The SMILES string of the molecule is CCNc1cc(N2CC(C)OCC2CC)cc([N+](=O)[O-])c1. The van der Waals surface area contributed by atoms with Gasteiger partial charge in [-0.15, -0.1) is 0 Å². The molecule has 0 aliphatic carbocycles. The number of benzene rings is 1. The second kappa shape index (κ2) is 6.76. The molecule has 116 valence electrons. The number of nitrogens with one attached hydrogen (secondary N) is 1. The Labute approximate surface area is 125 Å². The molecule has 2 rings (SSSR count). The van der Waals surface area contributed by atoms with Gasteiger partial charge in [0.2, 0.25) is 0 Å². The van der Waals surface area contributed by atoms with Gasteiger partial charge in [0.1, 0.15) is 0 Å². The van der Waals surface area contributed by atoms with Crippen molar-refractivity contribution in [3.63, 3.8) is 0 Å². The second-order valence-electron chi connectivity index (χ2n) is 5.38. The van der Waals surface area contributed by atoms with Crippen LogP contribution in [0.5, 0.6) is 0 Å². The number of hydrogen-bond donors (Lipinski definition) is 1. The highest BCUT2D eigenvalue weighted by Crippen LogP contribution is 2.30. The Kier molecular flexibility index (Phi) is 5.01. The Bertz CT molecular complexity index is 507. The first-order valence-electron chi connectivity index (χ1n) is 7.46. The fraction of sp³-hybridized carbons (Fsp3) is 0.600. The van der Waals surface area contributed by atoms with Crippen LogP contribution in [-0.2, 0) is 4.74 Å². The van der Waals surface area contributed by atoms with Crippen LogP contribution in [0.4, 0.5) is 17.1 Å². The molecule has 0 saturated carbocycles. The lowest BCUT2D eigenvalue weighted by Crippen LogP contribution is -2.48. The van der Waals surface area contributed by atoms with Gasteiger partial charge in [-0.05, 0) is 26.3 Å². The van der Waals surface area contributed by atoms with E-state index < -0.39 is 0 Å². The van der Waals surface area contributed by atoms with Gasteiger partial charge in [-0.25, -0.2) is 0 Å². The number of rotatable bonds is 5. The van der Waals surface area contributed by atoms with Crippen molar-refractivity contribution in [1.29, 1.82) is 0 Å². The minimum atomic E-state index is -0.338. The predicted octanol–water partition coefficient (Wildman–Crippen LogP) is 3.03. The summed E-state index contributed by atoms with van der Waals surface area (Å²) in [5.74, 6) is 0. The van der Waals surface area contributed by atoms with E-state index in [1.54, 1.807) is 12.1 Å². The molecule has 0 bridgehead atoms. The first kappa shape index (κ1) is 15.6. The molecule has 21 heavy (non-hydrogen) atoms. The van der Waals surface area contributed by atoms with E-state index >= 15 is 0 Å². The number of hydrogen-bond acceptors (Lipinski definition) is 5. The fourth-order valence-corrected chi connectivity index (χ4v) is 2.67. The molecule has 1 aliphatic heterocycles. The number of nitro benzene ring substituents is 1. The number of anilines is 2. The van der Waals surface area contributed by atoms with Crippen LogP contribution in [0.3, 0.4) is 0 Å². The maximum Gasteiger partial charge on any atom is 0.273 e. The van der Waals surface area contributed by atoms with Crippen LogP contribution < -0.4 is 10.2 Å². The van der Waals surface area contributed by atoms with E-state index in [9.17, 15) is 10.1 Å². The molecule has 1 fully saturated rings. The molecule has 0 spiro atoms. The molecule has 1 N–H and O–H groups in total. The van der Waals surface area contributed by atoms with Crippen LogP contribution >= 0.6 is 0 Å². The summed E-state index contributed by atoms with van der Waals surface area (Å²) in [6.07, 6.45) is 1.08. The third-order valence-electron chi connectivity index (χ3n) is 3.76. The first-order chi connectivity index (χ1) is 10.0. The van der Waals surface area contributed by atoms with Gasteiger partial charge in [0.05, 0.1) is 23.7 Å². The molecule has 0 amide bonds. The van der Waals surface area contributed by atoms with E-state index in [0.29, 0.717) is 6.61 Å². The average molecular weight is 293 g/mol. The van der Waals surface area contributed by atoms with Crippen molar-refractivity contribution in [3.05, 3.63) is 28.3 Å². The van der Waals surface area contributed by atoms with Crippen molar-refractivity contribution in [2.24, 2.45) is 0 Å². The first-order valence-corrected chi connectivity index (χ1v) is 7.46. The Morgan fingerprint density at radius 2 is 2.19 bits per heavy atom. The number of nitro groups is 1. The molecule has 1 aliphatic rings. The highest BCUT2D eigenvalue weighted by molar-refractivity contribution is 5.65. The van der Waals surface area contributed by atoms with Crippen molar-refractivity contribution in [3.8, 4) is 0 Å². The van der Waals surface area contributed by atoms with Crippen molar-refractivity contribution < 1.29 is 9.66 Å². The number of non-ortho nitro benzene ring substituents is 1. The van der Waals surface area contributed by atoms with Crippen LogP contribution in [0.2, 0.25) is 0 Å². The summed E-state index contributed by atoms with van der Waals surface area (Å²) in [6.45, 7) is 8.27. The lowest BCUT2D eigenvalue weighted by atomic mass is 10.1. The third-order valence-corrected chi connectivity index (χ3v) is 3.76. The van der Waals surface area contributed by atoms with Gasteiger partial charge in [0.15, 0.2) is 0 Å². The molecule has 6 nitrogen and oxygen atoms in total. The van der Waals surface area contributed by atoms with Gasteiger partial charge in [0.25, 0.3) is 5.69 Å². The average Bonchev–Trinajstić information content (AvgIpc) is 2.47. The zero-order valence-electron chi connectivity index (χ0n) is 12.8. The summed E-state index contributed by atoms with van der Waals surface area (Å²) in [5, 5.41) is 14.3.